The van der Waals surface area contributed by atoms with Crippen LogP contribution < -0.4 is 0 Å². The smallest absolute Gasteiger partial charge is 0.409 e. The van der Waals surface area contributed by atoms with Crippen molar-refractivity contribution in [1.82, 2.24) is 14.1 Å². The van der Waals surface area contributed by atoms with E-state index in [1.165, 1.54) is 6.07 Å². The molecule has 0 atom stereocenters. The Hall–Kier alpha value is -2.13. The number of hydrogen-bond donors (Lipinski definition) is 0. The molecule has 0 aliphatic carbocycles. The highest BCUT2D eigenvalue weighted by molar-refractivity contribution is 7.89. The minimum atomic E-state index is -3.67. The van der Waals surface area contributed by atoms with E-state index in [1.807, 2.05) is 20.8 Å². The Labute approximate surface area is 197 Å². The van der Waals surface area contributed by atoms with Crippen LogP contribution in [0.1, 0.15) is 55.1 Å². The zero-order valence-corrected chi connectivity index (χ0v) is 21.3. The predicted molar refractivity (Wildman–Crippen MR) is 127 cm³/mol. The zero-order chi connectivity index (χ0) is 24.3. The summed E-state index contributed by atoms with van der Waals surface area (Å²) in [6.45, 7) is 12.7. The van der Waals surface area contributed by atoms with Crippen LogP contribution in [0.15, 0.2) is 17.0 Å². The van der Waals surface area contributed by atoms with Gasteiger partial charge in [0.15, 0.2) is 0 Å². The van der Waals surface area contributed by atoms with Gasteiger partial charge >= 0.3 is 6.09 Å². The lowest BCUT2D eigenvalue weighted by atomic mass is 10.0. The van der Waals surface area contributed by atoms with E-state index in [-0.39, 0.29) is 22.8 Å². The summed E-state index contributed by atoms with van der Waals surface area (Å²) in [5.41, 5.74) is 1.83. The van der Waals surface area contributed by atoms with Crippen LogP contribution in [0, 0.1) is 25.7 Å². The quantitative estimate of drug-likeness (QED) is 0.647. The number of carbonyl (C=O) groups is 2. The molecule has 0 radical (unpaired) electrons. The molecule has 0 spiro atoms. The maximum Gasteiger partial charge on any atom is 0.409 e. The maximum absolute atomic E-state index is 13.4. The average molecular weight is 480 g/mol. The summed E-state index contributed by atoms with van der Waals surface area (Å²) in [5, 5.41) is 0. The first-order chi connectivity index (χ1) is 15.5. The SMILES string of the molecule is Cc1cc(C(=O)N2CCN(C(=O)OCC(C)C)CC2)cc(S(=O)(=O)N2CCC(C)CC2)c1C. The molecule has 2 aliphatic rings. The Bertz CT molecular complexity index is 976. The van der Waals surface area contributed by atoms with Crippen molar-refractivity contribution in [3.63, 3.8) is 0 Å². The number of rotatable bonds is 5. The van der Waals surface area contributed by atoms with Crippen molar-refractivity contribution in [3.8, 4) is 0 Å². The number of benzene rings is 1. The second-order valence-electron chi connectivity index (χ2n) is 9.75. The Morgan fingerprint density at radius 1 is 1.00 bits per heavy atom. The molecule has 0 bridgehead atoms. The molecule has 2 heterocycles. The van der Waals surface area contributed by atoms with E-state index < -0.39 is 10.0 Å². The monoisotopic (exact) mass is 479 g/mol. The van der Waals surface area contributed by atoms with Gasteiger partial charge in [0.2, 0.25) is 10.0 Å². The molecule has 33 heavy (non-hydrogen) atoms. The van der Waals surface area contributed by atoms with E-state index in [0.29, 0.717) is 62.9 Å². The van der Waals surface area contributed by atoms with E-state index >= 15 is 0 Å². The van der Waals surface area contributed by atoms with Crippen molar-refractivity contribution in [2.45, 2.75) is 52.4 Å². The summed E-state index contributed by atoms with van der Waals surface area (Å²) in [5.74, 6) is 0.575. The fraction of sp³-hybridized carbons (Fsp3) is 0.667. The number of ether oxygens (including phenoxy) is 1. The van der Waals surface area contributed by atoms with Gasteiger partial charge in [0, 0.05) is 44.8 Å². The second kappa shape index (κ2) is 10.4. The van der Waals surface area contributed by atoms with Crippen LogP contribution >= 0.6 is 0 Å². The summed E-state index contributed by atoms with van der Waals surface area (Å²) in [6.07, 6.45) is 1.34. The first-order valence-electron chi connectivity index (χ1n) is 11.8. The molecule has 2 fully saturated rings. The summed E-state index contributed by atoms with van der Waals surface area (Å²) >= 11 is 0. The molecular weight excluding hydrogens is 442 g/mol. The highest BCUT2D eigenvalue weighted by atomic mass is 32.2. The number of sulfonamides is 1. The Balaban J connectivity index is 1.73. The highest BCUT2D eigenvalue weighted by Gasteiger charge is 2.32. The summed E-state index contributed by atoms with van der Waals surface area (Å²) < 4.78 is 33.6. The zero-order valence-electron chi connectivity index (χ0n) is 20.5. The lowest BCUT2D eigenvalue weighted by Gasteiger charge is -2.34. The third-order valence-electron chi connectivity index (χ3n) is 6.59. The van der Waals surface area contributed by atoms with Gasteiger partial charge in [0.05, 0.1) is 11.5 Å². The Morgan fingerprint density at radius 3 is 2.15 bits per heavy atom. The molecule has 0 aromatic heterocycles. The van der Waals surface area contributed by atoms with Gasteiger partial charge in [-0.1, -0.05) is 20.8 Å². The lowest BCUT2D eigenvalue weighted by molar-refractivity contribution is 0.0535. The van der Waals surface area contributed by atoms with Crippen molar-refractivity contribution >= 4 is 22.0 Å². The van der Waals surface area contributed by atoms with Gasteiger partial charge in [-0.3, -0.25) is 4.79 Å². The van der Waals surface area contributed by atoms with E-state index in [1.54, 1.807) is 27.1 Å². The second-order valence-corrected chi connectivity index (χ2v) is 11.7. The van der Waals surface area contributed by atoms with Crippen molar-refractivity contribution in [2.75, 3.05) is 45.9 Å². The van der Waals surface area contributed by atoms with Gasteiger partial charge in [0.25, 0.3) is 5.91 Å². The van der Waals surface area contributed by atoms with E-state index in [9.17, 15) is 18.0 Å². The van der Waals surface area contributed by atoms with Gasteiger partial charge in [-0.25, -0.2) is 13.2 Å². The van der Waals surface area contributed by atoms with Gasteiger partial charge < -0.3 is 14.5 Å². The average Bonchev–Trinajstić information content (AvgIpc) is 2.79. The van der Waals surface area contributed by atoms with Crippen LogP contribution in [-0.4, -0.2) is 80.4 Å². The van der Waals surface area contributed by atoms with Crippen LogP contribution in [0.5, 0.6) is 0 Å². The van der Waals surface area contributed by atoms with Crippen LogP contribution in [0.2, 0.25) is 0 Å². The molecule has 0 saturated carbocycles. The number of aryl methyl sites for hydroxylation is 1. The minimum Gasteiger partial charge on any atom is -0.449 e. The number of nitrogens with zero attached hydrogens (tertiary/aromatic N) is 3. The molecule has 2 aliphatic heterocycles. The number of piperidine rings is 1. The van der Waals surface area contributed by atoms with Crippen molar-refractivity contribution in [2.24, 2.45) is 11.8 Å². The van der Waals surface area contributed by atoms with E-state index in [0.717, 1.165) is 18.4 Å². The lowest BCUT2D eigenvalue weighted by Crippen LogP contribution is -2.50. The molecule has 1 aromatic rings. The molecule has 0 unspecified atom stereocenters. The van der Waals surface area contributed by atoms with Crippen LogP contribution in [-0.2, 0) is 14.8 Å². The molecule has 9 heteroatoms. The first-order valence-corrected chi connectivity index (χ1v) is 13.3. The highest BCUT2D eigenvalue weighted by Crippen LogP contribution is 2.28. The largest absolute Gasteiger partial charge is 0.449 e. The number of carbonyl (C=O) groups excluding carboxylic acids is 2. The molecule has 0 N–H and O–H groups in total. The van der Waals surface area contributed by atoms with Crippen molar-refractivity contribution in [3.05, 3.63) is 28.8 Å². The van der Waals surface area contributed by atoms with Gasteiger partial charge in [-0.05, 0) is 61.8 Å². The first kappa shape index (κ1) is 25.5. The minimum absolute atomic E-state index is 0.211. The maximum atomic E-state index is 13.4. The Morgan fingerprint density at radius 2 is 1.58 bits per heavy atom. The normalized spacial score (nSPS) is 18.6. The van der Waals surface area contributed by atoms with E-state index in [4.69, 9.17) is 4.74 Å². The number of piperazine rings is 1. The molecule has 2 saturated heterocycles. The fourth-order valence-corrected chi connectivity index (χ4v) is 5.98. The van der Waals surface area contributed by atoms with Crippen LogP contribution in [0.25, 0.3) is 0 Å². The van der Waals surface area contributed by atoms with Crippen molar-refractivity contribution in [1.29, 1.82) is 0 Å². The summed E-state index contributed by atoms with van der Waals surface area (Å²) in [6, 6.07) is 3.29. The summed E-state index contributed by atoms with van der Waals surface area (Å²) in [4.78, 5) is 28.9. The Kier molecular flexibility index (Phi) is 8.05. The third kappa shape index (κ3) is 5.87. The van der Waals surface area contributed by atoms with Crippen molar-refractivity contribution < 1.29 is 22.7 Å². The molecule has 3 rings (SSSR count). The number of amides is 2. The summed E-state index contributed by atoms with van der Waals surface area (Å²) in [7, 11) is -3.67. The van der Waals surface area contributed by atoms with Gasteiger partial charge in [0.1, 0.15) is 0 Å². The third-order valence-corrected chi connectivity index (χ3v) is 8.62. The van der Waals surface area contributed by atoms with Crippen LogP contribution in [0.3, 0.4) is 0 Å². The molecule has 1 aromatic carbocycles. The molecule has 2 amide bonds. The van der Waals surface area contributed by atoms with Crippen LogP contribution in [0.4, 0.5) is 4.79 Å². The topological polar surface area (TPSA) is 87.2 Å². The fourth-order valence-electron chi connectivity index (χ4n) is 4.19. The standard InChI is InChI=1S/C24H37N3O5S/c1-17(2)16-32-24(29)26-12-10-25(11-13-26)23(28)21-14-19(4)20(5)22(15-21)33(30,31)27-8-6-18(3)7-9-27/h14-15,17-18H,6-13,16H2,1-5H3. The molecule has 8 nitrogen and oxygen atoms in total. The predicted octanol–water partition coefficient (Wildman–Crippen LogP) is 3.27. The van der Waals surface area contributed by atoms with Gasteiger partial charge in [-0.2, -0.15) is 4.31 Å². The molecule has 184 valence electrons. The van der Waals surface area contributed by atoms with Gasteiger partial charge in [-0.15, -0.1) is 0 Å². The van der Waals surface area contributed by atoms with E-state index in [2.05, 4.69) is 6.92 Å². The number of hydrogen-bond acceptors (Lipinski definition) is 5. The molecular formula is C24H37N3O5S.